The first-order chi connectivity index (χ1) is 11.7. The molecule has 0 spiro atoms. The van der Waals surface area contributed by atoms with Gasteiger partial charge >= 0.3 is 6.03 Å². The molecule has 0 aromatic carbocycles. The topological polar surface area (TPSA) is 72.9 Å². The van der Waals surface area contributed by atoms with Crippen LogP contribution in [0.15, 0.2) is 18.3 Å². The first kappa shape index (κ1) is 18.5. The maximum atomic E-state index is 12.4. The van der Waals surface area contributed by atoms with Crippen LogP contribution in [0.3, 0.4) is 0 Å². The highest BCUT2D eigenvalue weighted by Gasteiger charge is 2.23. The number of rotatable bonds is 8. The fourth-order valence-electron chi connectivity index (χ4n) is 2.69. The van der Waals surface area contributed by atoms with Crippen molar-refractivity contribution in [1.82, 2.24) is 15.2 Å². The Bertz CT molecular complexity index is 510. The average molecular weight is 337 g/mol. The van der Waals surface area contributed by atoms with Gasteiger partial charge in [-0.3, -0.25) is 0 Å². The Morgan fingerprint density at radius 3 is 3.12 bits per heavy atom. The van der Waals surface area contributed by atoms with Crippen molar-refractivity contribution in [3.8, 4) is 5.88 Å². The maximum Gasteiger partial charge on any atom is 0.317 e. The summed E-state index contributed by atoms with van der Waals surface area (Å²) in [5.74, 6) is 0.528. The molecule has 0 aliphatic carbocycles. The van der Waals surface area contributed by atoms with E-state index in [2.05, 4.69) is 10.3 Å². The number of urea groups is 1. The molecule has 1 N–H and O–H groups in total. The molecule has 0 radical (unpaired) electrons. The Morgan fingerprint density at radius 1 is 1.46 bits per heavy atom. The SMILES string of the molecule is CCO[C@H]1CCCN(C(=O)NCc2cccnc2OCCOC)C1. The van der Waals surface area contributed by atoms with Crippen LogP contribution >= 0.6 is 0 Å². The molecule has 2 amide bonds. The molecule has 1 fully saturated rings. The van der Waals surface area contributed by atoms with Crippen molar-refractivity contribution < 1.29 is 19.0 Å². The van der Waals surface area contributed by atoms with Gasteiger partial charge in [0.2, 0.25) is 5.88 Å². The minimum absolute atomic E-state index is 0.0777. The zero-order valence-electron chi connectivity index (χ0n) is 14.5. The van der Waals surface area contributed by atoms with Crippen LogP contribution in [0.25, 0.3) is 0 Å². The lowest BCUT2D eigenvalue weighted by atomic mass is 10.1. The minimum atomic E-state index is -0.0777. The molecule has 1 aliphatic rings. The van der Waals surface area contributed by atoms with Gasteiger partial charge in [0.05, 0.1) is 12.7 Å². The molecule has 1 aromatic rings. The van der Waals surface area contributed by atoms with Crippen molar-refractivity contribution in [1.29, 1.82) is 0 Å². The van der Waals surface area contributed by atoms with Crippen LogP contribution in [0.2, 0.25) is 0 Å². The van der Waals surface area contributed by atoms with Crippen molar-refractivity contribution in [2.45, 2.75) is 32.4 Å². The summed E-state index contributed by atoms with van der Waals surface area (Å²) < 4.78 is 16.2. The van der Waals surface area contributed by atoms with Crippen LogP contribution in [0.4, 0.5) is 4.79 Å². The van der Waals surface area contributed by atoms with E-state index in [1.54, 1.807) is 13.3 Å². The molecular formula is C17H27N3O4. The summed E-state index contributed by atoms with van der Waals surface area (Å²) >= 11 is 0. The number of methoxy groups -OCH3 is 1. The standard InChI is InChI=1S/C17H27N3O4/c1-3-23-15-7-5-9-20(13-15)17(21)19-12-14-6-4-8-18-16(14)24-11-10-22-2/h4,6,8,15H,3,5,7,9-13H2,1-2H3,(H,19,21)/t15-/m0/s1. The number of carbonyl (C=O) groups is 1. The molecule has 24 heavy (non-hydrogen) atoms. The number of ether oxygens (including phenoxy) is 3. The van der Waals surface area contributed by atoms with E-state index < -0.39 is 0 Å². The lowest BCUT2D eigenvalue weighted by Gasteiger charge is -2.32. The van der Waals surface area contributed by atoms with Gasteiger partial charge in [-0.2, -0.15) is 0 Å². The predicted molar refractivity (Wildman–Crippen MR) is 90.1 cm³/mol. The number of likely N-dealkylation sites (tertiary alicyclic amines) is 1. The average Bonchev–Trinajstić information content (AvgIpc) is 2.61. The van der Waals surface area contributed by atoms with Crippen molar-refractivity contribution in [2.24, 2.45) is 0 Å². The van der Waals surface area contributed by atoms with Crippen molar-refractivity contribution >= 4 is 6.03 Å². The van der Waals surface area contributed by atoms with Gasteiger partial charge in [0.15, 0.2) is 0 Å². The molecule has 7 nitrogen and oxygen atoms in total. The number of pyridine rings is 1. The van der Waals surface area contributed by atoms with Crippen LogP contribution in [-0.2, 0) is 16.0 Å². The summed E-state index contributed by atoms with van der Waals surface area (Å²) in [6, 6.07) is 3.65. The highest BCUT2D eigenvalue weighted by molar-refractivity contribution is 5.74. The number of piperidine rings is 1. The van der Waals surface area contributed by atoms with E-state index in [-0.39, 0.29) is 12.1 Å². The quantitative estimate of drug-likeness (QED) is 0.733. The largest absolute Gasteiger partial charge is 0.475 e. The molecule has 2 rings (SSSR count). The van der Waals surface area contributed by atoms with Crippen molar-refractivity contribution in [3.05, 3.63) is 23.9 Å². The summed E-state index contributed by atoms with van der Waals surface area (Å²) in [6.45, 7) is 5.37. The van der Waals surface area contributed by atoms with Gasteiger partial charge in [0.1, 0.15) is 6.61 Å². The van der Waals surface area contributed by atoms with E-state index in [1.807, 2.05) is 24.0 Å². The van der Waals surface area contributed by atoms with E-state index in [4.69, 9.17) is 14.2 Å². The molecule has 1 saturated heterocycles. The fraction of sp³-hybridized carbons (Fsp3) is 0.647. The Balaban J connectivity index is 1.85. The number of nitrogens with zero attached hydrogens (tertiary/aromatic N) is 2. The number of aromatic nitrogens is 1. The van der Waals surface area contributed by atoms with Crippen molar-refractivity contribution in [3.63, 3.8) is 0 Å². The van der Waals surface area contributed by atoms with Crippen LogP contribution < -0.4 is 10.1 Å². The molecule has 2 heterocycles. The lowest BCUT2D eigenvalue weighted by Crippen LogP contribution is -2.47. The summed E-state index contributed by atoms with van der Waals surface area (Å²) in [5, 5.41) is 2.94. The Hall–Kier alpha value is -1.86. The zero-order valence-corrected chi connectivity index (χ0v) is 14.5. The normalized spacial score (nSPS) is 17.6. The Labute approximate surface area is 143 Å². The van der Waals surface area contributed by atoms with Gasteiger partial charge in [-0.25, -0.2) is 9.78 Å². The van der Waals surface area contributed by atoms with Gasteiger partial charge in [0.25, 0.3) is 0 Å². The summed E-state index contributed by atoms with van der Waals surface area (Å²) in [5.41, 5.74) is 0.848. The summed E-state index contributed by atoms with van der Waals surface area (Å²) in [6.07, 6.45) is 3.79. The number of hydrogen-bond acceptors (Lipinski definition) is 5. The fourth-order valence-corrected chi connectivity index (χ4v) is 2.69. The Kier molecular flexibility index (Phi) is 7.77. The van der Waals surface area contributed by atoms with E-state index in [9.17, 15) is 4.79 Å². The van der Waals surface area contributed by atoms with Gasteiger partial charge in [-0.05, 0) is 25.8 Å². The second-order valence-corrected chi connectivity index (χ2v) is 5.63. The zero-order chi connectivity index (χ0) is 17.2. The molecule has 134 valence electrons. The molecule has 7 heteroatoms. The first-order valence-electron chi connectivity index (χ1n) is 8.44. The number of amides is 2. The first-order valence-corrected chi connectivity index (χ1v) is 8.44. The third-order valence-electron chi connectivity index (χ3n) is 3.87. The number of hydrogen-bond donors (Lipinski definition) is 1. The molecule has 1 aliphatic heterocycles. The Morgan fingerprint density at radius 2 is 2.33 bits per heavy atom. The van der Waals surface area contributed by atoms with E-state index in [0.717, 1.165) is 24.9 Å². The monoisotopic (exact) mass is 337 g/mol. The van der Waals surface area contributed by atoms with Crippen LogP contribution in [0.1, 0.15) is 25.3 Å². The predicted octanol–water partition coefficient (Wildman–Crippen LogP) is 1.82. The highest BCUT2D eigenvalue weighted by atomic mass is 16.5. The lowest BCUT2D eigenvalue weighted by molar-refractivity contribution is 0.0164. The molecule has 0 saturated carbocycles. The number of carbonyl (C=O) groups excluding carboxylic acids is 1. The maximum absolute atomic E-state index is 12.4. The van der Waals surface area contributed by atoms with E-state index >= 15 is 0 Å². The van der Waals surface area contributed by atoms with Gasteiger partial charge in [-0.15, -0.1) is 0 Å². The molecule has 1 aromatic heterocycles. The summed E-state index contributed by atoms with van der Waals surface area (Å²) in [4.78, 5) is 18.4. The van der Waals surface area contributed by atoms with Crippen LogP contribution in [0, 0.1) is 0 Å². The number of nitrogens with one attached hydrogen (secondary N) is 1. The molecule has 0 bridgehead atoms. The second-order valence-electron chi connectivity index (χ2n) is 5.63. The molecule has 1 atom stereocenters. The van der Waals surface area contributed by atoms with Crippen LogP contribution in [0.5, 0.6) is 5.88 Å². The summed E-state index contributed by atoms with van der Waals surface area (Å²) in [7, 11) is 1.62. The van der Waals surface area contributed by atoms with E-state index in [1.165, 1.54) is 0 Å². The third kappa shape index (κ3) is 5.65. The third-order valence-corrected chi connectivity index (χ3v) is 3.87. The van der Waals surface area contributed by atoms with Crippen molar-refractivity contribution in [2.75, 3.05) is 40.0 Å². The smallest absolute Gasteiger partial charge is 0.317 e. The molecule has 0 unspecified atom stereocenters. The van der Waals surface area contributed by atoms with Gasteiger partial charge < -0.3 is 24.4 Å². The minimum Gasteiger partial charge on any atom is -0.475 e. The molecular weight excluding hydrogens is 310 g/mol. The van der Waals surface area contributed by atoms with Gasteiger partial charge in [-0.1, -0.05) is 6.07 Å². The van der Waals surface area contributed by atoms with Gasteiger partial charge in [0, 0.05) is 45.1 Å². The highest BCUT2D eigenvalue weighted by Crippen LogP contribution is 2.16. The van der Waals surface area contributed by atoms with E-state index in [0.29, 0.717) is 38.8 Å². The second kappa shape index (κ2) is 10.1. The van der Waals surface area contributed by atoms with Crippen LogP contribution in [-0.4, -0.2) is 62.0 Å².